The molecule has 1 aromatic rings. The van der Waals surface area contributed by atoms with Crippen LogP contribution in [0.15, 0.2) is 29.2 Å². The van der Waals surface area contributed by atoms with Crippen LogP contribution in [0.2, 0.25) is 0 Å². The molecule has 2 unspecified atom stereocenters. The average molecular weight is 237 g/mol. The van der Waals surface area contributed by atoms with Gasteiger partial charge in [0.15, 0.2) is 0 Å². The van der Waals surface area contributed by atoms with E-state index in [-0.39, 0.29) is 6.10 Å². The van der Waals surface area contributed by atoms with Crippen molar-refractivity contribution in [1.29, 1.82) is 0 Å². The van der Waals surface area contributed by atoms with Gasteiger partial charge in [0.2, 0.25) is 0 Å². The molecule has 0 saturated heterocycles. The van der Waals surface area contributed by atoms with Crippen LogP contribution in [0.1, 0.15) is 24.8 Å². The molecule has 2 rings (SSSR count). The highest BCUT2D eigenvalue weighted by Crippen LogP contribution is 2.35. The fraction of sp³-hybridized carbons (Fsp3) is 0.538. The molecule has 0 aliphatic heterocycles. The van der Waals surface area contributed by atoms with Crippen LogP contribution in [-0.2, 0) is 6.54 Å². The lowest BCUT2D eigenvalue weighted by atomic mass is 10.2. The van der Waals surface area contributed by atoms with Crippen molar-refractivity contribution in [1.82, 2.24) is 5.32 Å². The lowest BCUT2D eigenvalue weighted by Crippen LogP contribution is -2.14. The molecular formula is C13H19NOS. The summed E-state index contributed by atoms with van der Waals surface area (Å²) in [5.41, 5.74) is 1.31. The van der Waals surface area contributed by atoms with E-state index in [0.717, 1.165) is 25.8 Å². The van der Waals surface area contributed by atoms with Crippen molar-refractivity contribution in [2.45, 2.75) is 42.1 Å². The number of aliphatic hydroxyl groups is 1. The standard InChI is InChI=1S/C13H19NOS/c1-14-9-10-4-2-5-11(8-10)16-13-7-3-6-12(13)15/h2,4-5,8,12-15H,3,6-7,9H2,1H3. The Balaban J connectivity index is 2.00. The largest absolute Gasteiger partial charge is 0.392 e. The number of thioether (sulfide) groups is 1. The van der Waals surface area contributed by atoms with Gasteiger partial charge in [-0.1, -0.05) is 12.1 Å². The second kappa shape index (κ2) is 5.71. The highest BCUT2D eigenvalue weighted by atomic mass is 32.2. The van der Waals surface area contributed by atoms with E-state index in [1.807, 2.05) is 18.8 Å². The molecule has 1 aliphatic rings. The van der Waals surface area contributed by atoms with Gasteiger partial charge in [0.1, 0.15) is 0 Å². The summed E-state index contributed by atoms with van der Waals surface area (Å²) in [6.07, 6.45) is 3.16. The fourth-order valence-electron chi connectivity index (χ4n) is 2.15. The number of rotatable bonds is 4. The highest BCUT2D eigenvalue weighted by Gasteiger charge is 2.25. The van der Waals surface area contributed by atoms with Gasteiger partial charge in [-0.3, -0.25) is 0 Å². The van der Waals surface area contributed by atoms with Crippen molar-refractivity contribution < 1.29 is 5.11 Å². The number of hydrogen-bond acceptors (Lipinski definition) is 3. The molecule has 16 heavy (non-hydrogen) atoms. The van der Waals surface area contributed by atoms with E-state index in [4.69, 9.17) is 0 Å². The Morgan fingerprint density at radius 2 is 2.31 bits per heavy atom. The van der Waals surface area contributed by atoms with E-state index >= 15 is 0 Å². The van der Waals surface area contributed by atoms with Gasteiger partial charge < -0.3 is 10.4 Å². The van der Waals surface area contributed by atoms with Crippen LogP contribution in [0.3, 0.4) is 0 Å². The normalized spacial score (nSPS) is 24.9. The van der Waals surface area contributed by atoms with Gasteiger partial charge in [0, 0.05) is 16.7 Å². The van der Waals surface area contributed by atoms with Gasteiger partial charge in [0.25, 0.3) is 0 Å². The zero-order chi connectivity index (χ0) is 11.4. The van der Waals surface area contributed by atoms with Crippen LogP contribution in [-0.4, -0.2) is 23.5 Å². The highest BCUT2D eigenvalue weighted by molar-refractivity contribution is 8.00. The van der Waals surface area contributed by atoms with Gasteiger partial charge in [-0.15, -0.1) is 11.8 Å². The molecule has 1 saturated carbocycles. The van der Waals surface area contributed by atoms with Gasteiger partial charge in [0.05, 0.1) is 6.10 Å². The minimum absolute atomic E-state index is 0.113. The maximum absolute atomic E-state index is 9.79. The molecular weight excluding hydrogens is 218 g/mol. The molecule has 0 heterocycles. The molecule has 3 heteroatoms. The van der Waals surface area contributed by atoms with Crippen LogP contribution in [0.25, 0.3) is 0 Å². The van der Waals surface area contributed by atoms with Crippen molar-refractivity contribution in [3.63, 3.8) is 0 Å². The molecule has 1 aliphatic carbocycles. The molecule has 1 aromatic carbocycles. The van der Waals surface area contributed by atoms with E-state index in [1.165, 1.54) is 10.5 Å². The summed E-state index contributed by atoms with van der Waals surface area (Å²) in [7, 11) is 1.96. The third-order valence-corrected chi connectivity index (χ3v) is 4.36. The minimum Gasteiger partial charge on any atom is -0.392 e. The van der Waals surface area contributed by atoms with Crippen molar-refractivity contribution in [3.05, 3.63) is 29.8 Å². The molecule has 1 fully saturated rings. The topological polar surface area (TPSA) is 32.3 Å². The lowest BCUT2D eigenvalue weighted by Gasteiger charge is -2.14. The van der Waals surface area contributed by atoms with Crippen molar-refractivity contribution in [2.75, 3.05) is 7.05 Å². The third-order valence-electron chi connectivity index (χ3n) is 2.98. The zero-order valence-electron chi connectivity index (χ0n) is 9.65. The van der Waals surface area contributed by atoms with E-state index in [1.54, 1.807) is 0 Å². The monoisotopic (exact) mass is 237 g/mol. The first-order valence-corrected chi connectivity index (χ1v) is 6.76. The van der Waals surface area contributed by atoms with Gasteiger partial charge in [-0.25, -0.2) is 0 Å². The predicted molar refractivity (Wildman–Crippen MR) is 68.7 cm³/mol. The Bertz CT molecular complexity index is 342. The minimum atomic E-state index is -0.113. The number of nitrogens with one attached hydrogen (secondary N) is 1. The Hall–Kier alpha value is -0.510. The summed E-state index contributed by atoms with van der Waals surface area (Å²) in [6, 6.07) is 8.57. The van der Waals surface area contributed by atoms with Crippen LogP contribution < -0.4 is 5.32 Å². The Labute approximate surface area is 101 Å². The summed E-state index contributed by atoms with van der Waals surface area (Å²) >= 11 is 1.82. The number of hydrogen-bond donors (Lipinski definition) is 2. The van der Waals surface area contributed by atoms with Gasteiger partial charge >= 0.3 is 0 Å². The van der Waals surface area contributed by atoms with Crippen molar-refractivity contribution in [2.24, 2.45) is 0 Å². The summed E-state index contributed by atoms with van der Waals surface area (Å²) in [6.45, 7) is 0.904. The Morgan fingerprint density at radius 3 is 3.00 bits per heavy atom. The maximum Gasteiger partial charge on any atom is 0.0662 e. The van der Waals surface area contributed by atoms with Gasteiger partial charge in [-0.05, 0) is 44.0 Å². The van der Waals surface area contributed by atoms with E-state index in [0.29, 0.717) is 5.25 Å². The number of benzene rings is 1. The molecule has 0 bridgehead atoms. The summed E-state index contributed by atoms with van der Waals surface area (Å²) in [5.74, 6) is 0. The molecule has 2 N–H and O–H groups in total. The first-order chi connectivity index (χ1) is 7.79. The molecule has 0 spiro atoms. The molecule has 2 nitrogen and oxygen atoms in total. The molecule has 2 atom stereocenters. The van der Waals surface area contributed by atoms with Crippen LogP contribution in [0.5, 0.6) is 0 Å². The average Bonchev–Trinajstić information content (AvgIpc) is 2.66. The molecule has 0 amide bonds. The molecule has 0 radical (unpaired) electrons. The summed E-state index contributed by atoms with van der Waals surface area (Å²) in [5, 5.41) is 13.3. The zero-order valence-corrected chi connectivity index (χ0v) is 10.5. The maximum atomic E-state index is 9.79. The van der Waals surface area contributed by atoms with E-state index in [2.05, 4.69) is 29.6 Å². The van der Waals surface area contributed by atoms with E-state index in [9.17, 15) is 5.11 Å². The van der Waals surface area contributed by atoms with Crippen LogP contribution in [0.4, 0.5) is 0 Å². The third kappa shape index (κ3) is 3.00. The summed E-state index contributed by atoms with van der Waals surface area (Å²) in [4.78, 5) is 1.28. The first-order valence-electron chi connectivity index (χ1n) is 5.88. The number of aliphatic hydroxyl groups excluding tert-OH is 1. The van der Waals surface area contributed by atoms with Gasteiger partial charge in [-0.2, -0.15) is 0 Å². The Morgan fingerprint density at radius 1 is 1.44 bits per heavy atom. The quantitative estimate of drug-likeness (QED) is 0.843. The lowest BCUT2D eigenvalue weighted by molar-refractivity contribution is 0.188. The van der Waals surface area contributed by atoms with Crippen LogP contribution >= 0.6 is 11.8 Å². The van der Waals surface area contributed by atoms with Crippen LogP contribution in [0, 0.1) is 0 Å². The second-order valence-electron chi connectivity index (χ2n) is 4.33. The van der Waals surface area contributed by atoms with Crippen molar-refractivity contribution in [3.8, 4) is 0 Å². The first kappa shape index (κ1) is 12.0. The summed E-state index contributed by atoms with van der Waals surface area (Å²) < 4.78 is 0. The smallest absolute Gasteiger partial charge is 0.0662 e. The second-order valence-corrected chi connectivity index (χ2v) is 5.64. The SMILES string of the molecule is CNCc1cccc(SC2CCCC2O)c1. The predicted octanol–water partition coefficient (Wildman–Crippen LogP) is 2.41. The van der Waals surface area contributed by atoms with E-state index < -0.39 is 0 Å². The fourth-order valence-corrected chi connectivity index (χ4v) is 3.46. The molecule has 0 aromatic heterocycles. The molecule has 88 valence electrons. The Kier molecular flexibility index (Phi) is 4.27. The van der Waals surface area contributed by atoms with Crippen molar-refractivity contribution >= 4 is 11.8 Å².